The number of sulfone groups is 1. The molecule has 144 valence electrons. The van der Waals surface area contributed by atoms with Crippen molar-refractivity contribution in [2.75, 3.05) is 22.6 Å². The zero-order chi connectivity index (χ0) is 19.4. The Bertz CT molecular complexity index is 959. The Morgan fingerprint density at radius 1 is 1.44 bits per heavy atom. The second kappa shape index (κ2) is 8.22. The number of carbonyl (C=O) groups excluding carboxylic acids is 1. The molecule has 10 heteroatoms. The van der Waals surface area contributed by atoms with Gasteiger partial charge in [-0.3, -0.25) is 4.79 Å². The fraction of sp³-hybridized carbons (Fsp3) is 0.353. The molecule has 27 heavy (non-hydrogen) atoms. The molecule has 0 bridgehead atoms. The fourth-order valence-corrected chi connectivity index (χ4v) is 5.40. The van der Waals surface area contributed by atoms with Gasteiger partial charge in [-0.25, -0.2) is 12.8 Å². The van der Waals surface area contributed by atoms with Gasteiger partial charge in [-0.05, 0) is 24.6 Å². The van der Waals surface area contributed by atoms with E-state index < -0.39 is 15.7 Å². The number of anilines is 1. The maximum absolute atomic E-state index is 13.2. The minimum Gasteiger partial charge on any atom is -0.325 e. The molecule has 1 atom stereocenters. The van der Waals surface area contributed by atoms with Crippen molar-refractivity contribution in [2.24, 2.45) is 0 Å². The van der Waals surface area contributed by atoms with Crippen LogP contribution in [0.2, 0.25) is 0 Å². The topological polar surface area (TPSA) is 93.9 Å². The highest BCUT2D eigenvalue weighted by Gasteiger charge is 2.33. The molecule has 1 aliphatic rings. The van der Waals surface area contributed by atoms with Gasteiger partial charge in [0.05, 0.1) is 17.3 Å². The molecule has 7 nitrogen and oxygen atoms in total. The Kier molecular flexibility index (Phi) is 5.95. The molecule has 1 unspecified atom stereocenters. The van der Waals surface area contributed by atoms with Gasteiger partial charge in [-0.1, -0.05) is 23.9 Å². The van der Waals surface area contributed by atoms with Crippen LogP contribution in [0.4, 0.5) is 10.1 Å². The molecule has 0 spiro atoms. The third-order valence-electron chi connectivity index (χ3n) is 4.10. The number of amides is 1. The molecule has 1 aromatic carbocycles. The number of nitrogens with zero attached hydrogens (tertiary/aromatic N) is 3. The summed E-state index contributed by atoms with van der Waals surface area (Å²) < 4.78 is 38.5. The SMILES string of the molecule is C=CCn1c(SCC(=O)Nc2cccc(F)c2)nnc1C1CCS(=O)(=O)C1. The normalized spacial score (nSPS) is 18.3. The van der Waals surface area contributed by atoms with Crippen LogP contribution in [-0.4, -0.2) is 46.3 Å². The second-order valence-corrected chi connectivity index (χ2v) is 9.36. The first kappa shape index (κ1) is 19.6. The molecule has 2 aromatic rings. The number of aromatic nitrogens is 3. The smallest absolute Gasteiger partial charge is 0.234 e. The van der Waals surface area contributed by atoms with Gasteiger partial charge < -0.3 is 9.88 Å². The van der Waals surface area contributed by atoms with E-state index in [1.54, 1.807) is 16.7 Å². The minimum atomic E-state index is -3.04. The van der Waals surface area contributed by atoms with Crippen LogP contribution in [-0.2, 0) is 21.2 Å². The van der Waals surface area contributed by atoms with Crippen molar-refractivity contribution in [1.82, 2.24) is 14.8 Å². The number of rotatable bonds is 7. The molecular formula is C17H19FN4O3S2. The van der Waals surface area contributed by atoms with E-state index in [1.165, 1.54) is 30.0 Å². The molecule has 3 rings (SSSR count). The standard InChI is InChI=1S/C17H19FN4O3S2/c1-2-7-22-16(12-6-8-27(24,25)11-12)20-21-17(22)26-10-15(23)19-14-5-3-4-13(18)9-14/h2-5,9,12H,1,6-8,10-11H2,(H,19,23). The summed E-state index contributed by atoms with van der Waals surface area (Å²) in [5.41, 5.74) is 0.380. The molecule has 2 heterocycles. The summed E-state index contributed by atoms with van der Waals surface area (Å²) in [5.74, 6) is -0.0492. The number of benzene rings is 1. The predicted octanol–water partition coefficient (Wildman–Crippen LogP) is 2.24. The first-order chi connectivity index (χ1) is 12.9. The fourth-order valence-electron chi connectivity index (χ4n) is 2.90. The molecule has 1 fully saturated rings. The summed E-state index contributed by atoms with van der Waals surface area (Å²) in [6, 6.07) is 5.65. The summed E-state index contributed by atoms with van der Waals surface area (Å²) in [4.78, 5) is 12.1. The van der Waals surface area contributed by atoms with Crippen LogP contribution >= 0.6 is 11.8 Å². The first-order valence-corrected chi connectivity index (χ1v) is 11.1. The van der Waals surface area contributed by atoms with Crippen molar-refractivity contribution in [3.63, 3.8) is 0 Å². The van der Waals surface area contributed by atoms with Crippen molar-refractivity contribution >= 4 is 33.2 Å². The molecule has 0 aliphatic carbocycles. The summed E-state index contributed by atoms with van der Waals surface area (Å²) in [6.07, 6.45) is 2.19. The highest BCUT2D eigenvalue weighted by Crippen LogP contribution is 2.30. The van der Waals surface area contributed by atoms with E-state index in [2.05, 4.69) is 22.1 Å². The van der Waals surface area contributed by atoms with Crippen molar-refractivity contribution < 1.29 is 17.6 Å². The molecule has 1 aromatic heterocycles. The minimum absolute atomic E-state index is 0.0625. The maximum Gasteiger partial charge on any atom is 0.234 e. The largest absolute Gasteiger partial charge is 0.325 e. The summed E-state index contributed by atoms with van der Waals surface area (Å²) in [7, 11) is -3.04. The second-order valence-electron chi connectivity index (χ2n) is 6.19. The lowest BCUT2D eigenvalue weighted by atomic mass is 10.1. The van der Waals surface area contributed by atoms with Crippen LogP contribution in [0, 0.1) is 5.82 Å². The summed E-state index contributed by atoms with van der Waals surface area (Å²) in [5, 5.41) is 11.4. The monoisotopic (exact) mass is 410 g/mol. The van der Waals surface area contributed by atoms with Crippen LogP contribution in [0.5, 0.6) is 0 Å². The summed E-state index contributed by atoms with van der Waals surface area (Å²) >= 11 is 1.18. The Hall–Kier alpha value is -2.20. The van der Waals surface area contributed by atoms with Crippen molar-refractivity contribution in [1.29, 1.82) is 0 Å². The zero-order valence-electron chi connectivity index (χ0n) is 14.5. The predicted molar refractivity (Wildman–Crippen MR) is 102 cm³/mol. The Balaban J connectivity index is 1.67. The van der Waals surface area contributed by atoms with Crippen LogP contribution in [0.1, 0.15) is 18.2 Å². The number of thioether (sulfide) groups is 1. The van der Waals surface area contributed by atoms with E-state index in [0.29, 0.717) is 29.6 Å². The van der Waals surface area contributed by atoms with E-state index in [9.17, 15) is 17.6 Å². The lowest BCUT2D eigenvalue weighted by Crippen LogP contribution is -2.15. The first-order valence-electron chi connectivity index (χ1n) is 8.30. The van der Waals surface area contributed by atoms with Crippen LogP contribution in [0.3, 0.4) is 0 Å². The number of carbonyl (C=O) groups is 1. The number of hydrogen-bond donors (Lipinski definition) is 1. The van der Waals surface area contributed by atoms with Gasteiger partial charge in [-0.15, -0.1) is 16.8 Å². The molecule has 1 saturated heterocycles. The highest BCUT2D eigenvalue weighted by molar-refractivity contribution is 7.99. The lowest BCUT2D eigenvalue weighted by Gasteiger charge is -2.11. The van der Waals surface area contributed by atoms with Crippen molar-refractivity contribution in [2.45, 2.75) is 24.0 Å². The van der Waals surface area contributed by atoms with E-state index in [4.69, 9.17) is 0 Å². The maximum atomic E-state index is 13.2. The number of halogens is 1. The Morgan fingerprint density at radius 2 is 2.26 bits per heavy atom. The molecule has 1 amide bonds. The molecular weight excluding hydrogens is 391 g/mol. The molecule has 1 N–H and O–H groups in total. The number of nitrogens with one attached hydrogen (secondary N) is 1. The summed E-state index contributed by atoms with van der Waals surface area (Å²) in [6.45, 7) is 4.14. The third-order valence-corrected chi connectivity index (χ3v) is 6.83. The highest BCUT2D eigenvalue weighted by atomic mass is 32.2. The third kappa shape index (κ3) is 4.95. The molecule has 1 aliphatic heterocycles. The van der Waals surface area contributed by atoms with Gasteiger partial charge in [0.1, 0.15) is 11.6 Å². The van der Waals surface area contributed by atoms with E-state index in [1.807, 2.05) is 0 Å². The average Bonchev–Trinajstić information content (AvgIpc) is 3.16. The quantitative estimate of drug-likeness (QED) is 0.556. The van der Waals surface area contributed by atoms with Gasteiger partial charge in [0.15, 0.2) is 15.0 Å². The molecule has 0 radical (unpaired) electrons. The van der Waals surface area contributed by atoms with Crippen molar-refractivity contribution in [3.8, 4) is 0 Å². The van der Waals surface area contributed by atoms with Gasteiger partial charge in [0, 0.05) is 18.2 Å². The Labute approximate surface area is 161 Å². The Morgan fingerprint density at radius 3 is 2.93 bits per heavy atom. The van der Waals surface area contributed by atoms with Crippen LogP contribution in [0.15, 0.2) is 42.1 Å². The van der Waals surface area contributed by atoms with Gasteiger partial charge >= 0.3 is 0 Å². The number of allylic oxidation sites excluding steroid dienone is 1. The van der Waals surface area contributed by atoms with Crippen LogP contribution < -0.4 is 5.32 Å². The number of hydrogen-bond acceptors (Lipinski definition) is 6. The van der Waals surface area contributed by atoms with E-state index in [-0.39, 0.29) is 29.1 Å². The van der Waals surface area contributed by atoms with Crippen molar-refractivity contribution in [3.05, 3.63) is 48.6 Å². The molecule has 0 saturated carbocycles. The van der Waals surface area contributed by atoms with Gasteiger partial charge in [0.2, 0.25) is 5.91 Å². The van der Waals surface area contributed by atoms with Gasteiger partial charge in [-0.2, -0.15) is 0 Å². The average molecular weight is 410 g/mol. The van der Waals surface area contributed by atoms with Gasteiger partial charge in [0.25, 0.3) is 0 Å². The van der Waals surface area contributed by atoms with Crippen LogP contribution in [0.25, 0.3) is 0 Å². The van der Waals surface area contributed by atoms with E-state index in [0.717, 1.165) is 0 Å². The van der Waals surface area contributed by atoms with E-state index >= 15 is 0 Å². The lowest BCUT2D eigenvalue weighted by molar-refractivity contribution is -0.113. The zero-order valence-corrected chi connectivity index (χ0v) is 16.1.